The molecule has 0 fully saturated rings. The van der Waals surface area contributed by atoms with Gasteiger partial charge in [-0.1, -0.05) is 30.3 Å². The van der Waals surface area contributed by atoms with E-state index in [-0.39, 0.29) is 5.91 Å². The summed E-state index contributed by atoms with van der Waals surface area (Å²) in [5.41, 5.74) is 5.72. The molecule has 1 heterocycles. The van der Waals surface area contributed by atoms with Gasteiger partial charge < -0.3 is 9.64 Å². The van der Waals surface area contributed by atoms with E-state index in [0.29, 0.717) is 18.7 Å². The zero-order chi connectivity index (χ0) is 19.4. The van der Waals surface area contributed by atoms with Gasteiger partial charge in [0.15, 0.2) is 0 Å². The fraction of sp³-hybridized carbons (Fsp3) is 0.273. The van der Waals surface area contributed by atoms with Crippen LogP contribution in [0.4, 0.5) is 0 Å². The number of aromatic nitrogens is 2. The predicted molar refractivity (Wildman–Crippen MR) is 106 cm³/mol. The fourth-order valence-electron chi connectivity index (χ4n) is 3.21. The molecule has 3 rings (SSSR count). The SMILES string of the molecule is COCc1cccc(C(=O)N(C)Cc2c(C)nn(-c3ccccc3)c2C)c1. The Balaban J connectivity index is 1.82. The summed E-state index contributed by atoms with van der Waals surface area (Å²) in [4.78, 5) is 14.6. The van der Waals surface area contributed by atoms with Gasteiger partial charge in [0.05, 0.1) is 18.0 Å². The number of amides is 1. The van der Waals surface area contributed by atoms with Crippen molar-refractivity contribution in [3.05, 3.63) is 82.7 Å². The zero-order valence-electron chi connectivity index (χ0n) is 16.3. The second kappa shape index (κ2) is 8.18. The van der Waals surface area contributed by atoms with Crippen LogP contribution < -0.4 is 0 Å². The number of carbonyl (C=O) groups excluding carboxylic acids is 1. The number of rotatable bonds is 6. The molecule has 1 amide bonds. The quantitative estimate of drug-likeness (QED) is 0.667. The van der Waals surface area contributed by atoms with Gasteiger partial charge in [-0.15, -0.1) is 0 Å². The monoisotopic (exact) mass is 363 g/mol. The number of ether oxygens (including phenoxy) is 1. The summed E-state index contributed by atoms with van der Waals surface area (Å²) < 4.78 is 7.09. The van der Waals surface area contributed by atoms with Crippen molar-refractivity contribution in [3.63, 3.8) is 0 Å². The van der Waals surface area contributed by atoms with E-state index in [9.17, 15) is 4.79 Å². The molecule has 0 saturated heterocycles. The van der Waals surface area contributed by atoms with Crippen LogP contribution in [0.1, 0.15) is 32.9 Å². The topological polar surface area (TPSA) is 47.4 Å². The molecular formula is C22H25N3O2. The Morgan fingerprint density at radius 3 is 2.56 bits per heavy atom. The molecule has 0 aliphatic heterocycles. The molecule has 140 valence electrons. The molecule has 0 bridgehead atoms. The highest BCUT2D eigenvalue weighted by atomic mass is 16.5. The van der Waals surface area contributed by atoms with Gasteiger partial charge in [0.1, 0.15) is 0 Å². The highest BCUT2D eigenvalue weighted by Gasteiger charge is 2.18. The predicted octanol–water partition coefficient (Wildman–Crippen LogP) is 3.91. The standard InChI is InChI=1S/C22H25N3O2/c1-16-21(17(2)25(23-16)20-11-6-5-7-12-20)14-24(3)22(26)19-10-8-9-18(13-19)15-27-4/h5-13H,14-15H2,1-4H3. The van der Waals surface area contributed by atoms with Gasteiger partial charge in [0, 0.05) is 37.5 Å². The molecule has 0 radical (unpaired) electrons. The van der Waals surface area contributed by atoms with E-state index < -0.39 is 0 Å². The molecule has 0 unspecified atom stereocenters. The lowest BCUT2D eigenvalue weighted by Gasteiger charge is -2.18. The van der Waals surface area contributed by atoms with Crippen LogP contribution >= 0.6 is 0 Å². The third kappa shape index (κ3) is 4.09. The first-order valence-electron chi connectivity index (χ1n) is 8.95. The van der Waals surface area contributed by atoms with E-state index in [0.717, 1.165) is 28.2 Å². The summed E-state index contributed by atoms with van der Waals surface area (Å²) in [6.45, 7) is 5.03. The number of para-hydroxylation sites is 1. The second-order valence-electron chi connectivity index (χ2n) is 6.69. The number of benzene rings is 2. The summed E-state index contributed by atoms with van der Waals surface area (Å²) in [6, 6.07) is 17.6. The average Bonchev–Trinajstić information content (AvgIpc) is 2.96. The summed E-state index contributed by atoms with van der Waals surface area (Å²) in [7, 11) is 3.47. The molecule has 3 aromatic rings. The van der Waals surface area contributed by atoms with E-state index in [4.69, 9.17) is 4.74 Å². The number of methoxy groups -OCH3 is 1. The van der Waals surface area contributed by atoms with Crippen LogP contribution in [-0.2, 0) is 17.9 Å². The maximum Gasteiger partial charge on any atom is 0.253 e. The molecule has 0 N–H and O–H groups in total. The van der Waals surface area contributed by atoms with E-state index in [1.807, 2.05) is 80.2 Å². The van der Waals surface area contributed by atoms with Crippen molar-refractivity contribution < 1.29 is 9.53 Å². The molecule has 27 heavy (non-hydrogen) atoms. The minimum atomic E-state index is -0.0146. The lowest BCUT2D eigenvalue weighted by atomic mass is 10.1. The van der Waals surface area contributed by atoms with Crippen molar-refractivity contribution in [2.24, 2.45) is 0 Å². The summed E-state index contributed by atoms with van der Waals surface area (Å²) in [5, 5.41) is 4.67. The van der Waals surface area contributed by atoms with Gasteiger partial charge in [0.25, 0.3) is 5.91 Å². The van der Waals surface area contributed by atoms with Crippen LogP contribution in [-0.4, -0.2) is 34.7 Å². The lowest BCUT2D eigenvalue weighted by molar-refractivity contribution is 0.0784. The van der Waals surface area contributed by atoms with Crippen LogP contribution in [0.15, 0.2) is 54.6 Å². The Bertz CT molecular complexity index is 932. The molecule has 0 aliphatic rings. The number of nitrogens with zero attached hydrogens (tertiary/aromatic N) is 3. The first-order valence-corrected chi connectivity index (χ1v) is 8.95. The Kier molecular flexibility index (Phi) is 5.72. The van der Waals surface area contributed by atoms with Crippen LogP contribution in [0, 0.1) is 13.8 Å². The van der Waals surface area contributed by atoms with Crippen molar-refractivity contribution in [1.82, 2.24) is 14.7 Å². The Morgan fingerprint density at radius 1 is 1.11 bits per heavy atom. The smallest absolute Gasteiger partial charge is 0.253 e. The molecule has 5 nitrogen and oxygen atoms in total. The third-order valence-corrected chi connectivity index (χ3v) is 4.67. The van der Waals surface area contributed by atoms with Crippen molar-refractivity contribution in [3.8, 4) is 5.69 Å². The number of hydrogen-bond donors (Lipinski definition) is 0. The van der Waals surface area contributed by atoms with Gasteiger partial charge in [-0.05, 0) is 43.7 Å². The van der Waals surface area contributed by atoms with Crippen LogP contribution in [0.3, 0.4) is 0 Å². The molecular weight excluding hydrogens is 338 g/mol. The largest absolute Gasteiger partial charge is 0.380 e. The lowest BCUT2D eigenvalue weighted by Crippen LogP contribution is -2.26. The van der Waals surface area contributed by atoms with E-state index in [1.165, 1.54) is 0 Å². The Labute approximate surface area is 160 Å². The number of hydrogen-bond acceptors (Lipinski definition) is 3. The van der Waals surface area contributed by atoms with Crippen molar-refractivity contribution >= 4 is 5.91 Å². The Hall–Kier alpha value is -2.92. The Morgan fingerprint density at radius 2 is 1.85 bits per heavy atom. The van der Waals surface area contributed by atoms with Crippen molar-refractivity contribution in [2.75, 3.05) is 14.2 Å². The minimum Gasteiger partial charge on any atom is -0.380 e. The maximum atomic E-state index is 12.9. The van der Waals surface area contributed by atoms with Gasteiger partial charge in [-0.3, -0.25) is 4.79 Å². The van der Waals surface area contributed by atoms with Gasteiger partial charge in [-0.25, -0.2) is 4.68 Å². The number of carbonyl (C=O) groups is 1. The molecule has 1 aromatic heterocycles. The average molecular weight is 363 g/mol. The molecule has 0 saturated carbocycles. The normalized spacial score (nSPS) is 10.8. The van der Waals surface area contributed by atoms with E-state index in [2.05, 4.69) is 5.10 Å². The van der Waals surface area contributed by atoms with Crippen LogP contribution in [0.5, 0.6) is 0 Å². The highest BCUT2D eigenvalue weighted by Crippen LogP contribution is 2.20. The van der Waals surface area contributed by atoms with Crippen LogP contribution in [0.25, 0.3) is 5.69 Å². The molecule has 0 spiro atoms. The molecule has 5 heteroatoms. The van der Waals surface area contributed by atoms with Crippen molar-refractivity contribution in [2.45, 2.75) is 27.0 Å². The maximum absolute atomic E-state index is 12.9. The minimum absolute atomic E-state index is 0.0146. The second-order valence-corrected chi connectivity index (χ2v) is 6.69. The van der Waals surface area contributed by atoms with Crippen LogP contribution in [0.2, 0.25) is 0 Å². The zero-order valence-corrected chi connectivity index (χ0v) is 16.3. The fourth-order valence-corrected chi connectivity index (χ4v) is 3.21. The molecule has 0 atom stereocenters. The third-order valence-electron chi connectivity index (χ3n) is 4.67. The summed E-state index contributed by atoms with van der Waals surface area (Å²) >= 11 is 0. The first-order chi connectivity index (χ1) is 13.0. The van der Waals surface area contributed by atoms with Gasteiger partial charge >= 0.3 is 0 Å². The number of aryl methyl sites for hydroxylation is 1. The van der Waals surface area contributed by atoms with E-state index >= 15 is 0 Å². The van der Waals surface area contributed by atoms with Gasteiger partial charge in [0.2, 0.25) is 0 Å². The van der Waals surface area contributed by atoms with E-state index in [1.54, 1.807) is 12.0 Å². The van der Waals surface area contributed by atoms with Gasteiger partial charge in [-0.2, -0.15) is 5.10 Å². The molecule has 2 aromatic carbocycles. The highest BCUT2D eigenvalue weighted by molar-refractivity contribution is 5.94. The first kappa shape index (κ1) is 18.9. The summed E-state index contributed by atoms with van der Waals surface area (Å²) in [6.07, 6.45) is 0. The summed E-state index contributed by atoms with van der Waals surface area (Å²) in [5.74, 6) is -0.0146. The molecule has 0 aliphatic carbocycles. The van der Waals surface area contributed by atoms with Crippen molar-refractivity contribution in [1.29, 1.82) is 0 Å².